The van der Waals surface area contributed by atoms with E-state index in [1.54, 1.807) is 0 Å². The van der Waals surface area contributed by atoms with Crippen molar-refractivity contribution in [3.05, 3.63) is 0 Å². The first-order valence-corrected chi connectivity index (χ1v) is 5.91. The van der Waals surface area contributed by atoms with Crippen LogP contribution in [-0.2, 0) is 0 Å². The molecule has 86 valence electrons. The summed E-state index contributed by atoms with van der Waals surface area (Å²) in [5.41, 5.74) is 0. The summed E-state index contributed by atoms with van der Waals surface area (Å²) in [4.78, 5) is 2.45. The van der Waals surface area contributed by atoms with Gasteiger partial charge in [-0.25, -0.2) is 0 Å². The van der Waals surface area contributed by atoms with Crippen LogP contribution >= 0.6 is 0 Å². The molecule has 0 saturated carbocycles. The van der Waals surface area contributed by atoms with E-state index in [1.165, 1.54) is 13.0 Å². The second-order valence-electron chi connectivity index (χ2n) is 4.86. The normalized spacial score (nSPS) is 16.3. The molecule has 0 spiro atoms. The molecule has 2 nitrogen and oxygen atoms in total. The molecule has 2 heteroatoms. The van der Waals surface area contributed by atoms with Crippen LogP contribution in [0.4, 0.5) is 0 Å². The first-order valence-electron chi connectivity index (χ1n) is 5.91. The van der Waals surface area contributed by atoms with Gasteiger partial charge in [-0.3, -0.25) is 0 Å². The van der Waals surface area contributed by atoms with Crippen molar-refractivity contribution in [1.82, 2.24) is 10.2 Å². The Morgan fingerprint density at radius 3 is 2.14 bits per heavy atom. The molecule has 0 aromatic carbocycles. The minimum atomic E-state index is 0.592. The van der Waals surface area contributed by atoms with E-state index in [-0.39, 0.29) is 0 Å². The molecule has 2 unspecified atom stereocenters. The summed E-state index contributed by atoms with van der Waals surface area (Å²) in [5, 5.41) is 3.48. The van der Waals surface area contributed by atoms with Gasteiger partial charge in [0.15, 0.2) is 0 Å². The highest BCUT2D eigenvalue weighted by Gasteiger charge is 2.11. The van der Waals surface area contributed by atoms with Gasteiger partial charge in [-0.1, -0.05) is 34.1 Å². The van der Waals surface area contributed by atoms with Crippen LogP contribution in [0.5, 0.6) is 0 Å². The molecular formula is C12H28N2. The highest BCUT2D eigenvalue weighted by Crippen LogP contribution is 2.05. The smallest absolute Gasteiger partial charge is 0.0189 e. The summed E-state index contributed by atoms with van der Waals surface area (Å²) in [6, 6.07) is 1.22. The number of rotatable bonds is 7. The Kier molecular flexibility index (Phi) is 7.20. The molecule has 14 heavy (non-hydrogen) atoms. The van der Waals surface area contributed by atoms with Crippen LogP contribution in [0.2, 0.25) is 0 Å². The summed E-state index contributed by atoms with van der Waals surface area (Å²) in [5.74, 6) is 0.807. The summed E-state index contributed by atoms with van der Waals surface area (Å²) < 4.78 is 0. The molecule has 0 rings (SSSR count). The third kappa shape index (κ3) is 6.39. The van der Waals surface area contributed by atoms with Gasteiger partial charge in [-0.15, -0.1) is 0 Å². The van der Waals surface area contributed by atoms with Gasteiger partial charge in [0.05, 0.1) is 0 Å². The fourth-order valence-corrected chi connectivity index (χ4v) is 1.36. The molecule has 0 aliphatic heterocycles. The molecule has 1 N–H and O–H groups in total. The van der Waals surface area contributed by atoms with Crippen LogP contribution in [0.1, 0.15) is 41.0 Å². The maximum Gasteiger partial charge on any atom is 0.0189 e. The molecule has 0 aromatic rings. The number of nitrogens with zero attached hydrogens (tertiary/aromatic N) is 1. The average Bonchev–Trinajstić information content (AvgIpc) is 2.13. The van der Waals surface area contributed by atoms with Crippen molar-refractivity contribution in [1.29, 1.82) is 0 Å². The Hall–Kier alpha value is -0.0800. The van der Waals surface area contributed by atoms with Crippen LogP contribution in [-0.4, -0.2) is 37.1 Å². The van der Waals surface area contributed by atoms with Gasteiger partial charge in [0, 0.05) is 25.2 Å². The lowest BCUT2D eigenvalue weighted by atomic mass is 10.1. The van der Waals surface area contributed by atoms with Gasteiger partial charge in [0.1, 0.15) is 0 Å². The maximum absolute atomic E-state index is 3.48. The third-order valence-electron chi connectivity index (χ3n) is 2.87. The zero-order valence-corrected chi connectivity index (χ0v) is 10.8. The van der Waals surface area contributed by atoms with E-state index >= 15 is 0 Å². The van der Waals surface area contributed by atoms with Crippen LogP contribution < -0.4 is 5.32 Å². The highest BCUT2D eigenvalue weighted by atomic mass is 15.1. The van der Waals surface area contributed by atoms with E-state index in [1.807, 2.05) is 0 Å². The predicted molar refractivity (Wildman–Crippen MR) is 64.7 cm³/mol. The van der Waals surface area contributed by atoms with Crippen molar-refractivity contribution < 1.29 is 0 Å². The number of hydrogen-bond donors (Lipinski definition) is 1. The lowest BCUT2D eigenvalue weighted by Gasteiger charge is -2.28. The molecular weight excluding hydrogens is 172 g/mol. The van der Waals surface area contributed by atoms with Crippen molar-refractivity contribution in [2.24, 2.45) is 5.92 Å². The largest absolute Gasteiger partial charge is 0.313 e. The Morgan fingerprint density at radius 1 is 1.14 bits per heavy atom. The molecule has 0 bridgehead atoms. The van der Waals surface area contributed by atoms with Crippen molar-refractivity contribution in [3.8, 4) is 0 Å². The predicted octanol–water partition coefficient (Wildman–Crippen LogP) is 2.35. The lowest BCUT2D eigenvalue weighted by Crippen LogP contribution is -2.41. The topological polar surface area (TPSA) is 15.3 Å². The van der Waals surface area contributed by atoms with E-state index in [2.05, 4.69) is 51.9 Å². The third-order valence-corrected chi connectivity index (χ3v) is 2.87. The maximum atomic E-state index is 3.48. The lowest BCUT2D eigenvalue weighted by molar-refractivity contribution is 0.214. The van der Waals surface area contributed by atoms with Gasteiger partial charge in [-0.2, -0.15) is 0 Å². The van der Waals surface area contributed by atoms with E-state index in [4.69, 9.17) is 0 Å². The highest BCUT2D eigenvalue weighted by molar-refractivity contribution is 4.69. The Morgan fingerprint density at radius 2 is 1.71 bits per heavy atom. The Labute approximate surface area is 90.1 Å². The minimum absolute atomic E-state index is 0.592. The zero-order chi connectivity index (χ0) is 11.1. The van der Waals surface area contributed by atoms with Gasteiger partial charge < -0.3 is 10.2 Å². The summed E-state index contributed by atoms with van der Waals surface area (Å²) in [6.45, 7) is 13.6. The average molecular weight is 200 g/mol. The van der Waals surface area contributed by atoms with Crippen molar-refractivity contribution in [3.63, 3.8) is 0 Å². The Bertz CT molecular complexity index is 134. The number of hydrogen-bond acceptors (Lipinski definition) is 2. The van der Waals surface area contributed by atoms with E-state index in [9.17, 15) is 0 Å². The van der Waals surface area contributed by atoms with E-state index in [0.29, 0.717) is 12.1 Å². The number of likely N-dealkylation sites (N-methyl/N-ethyl adjacent to an activating group) is 1. The molecule has 0 amide bonds. The molecule has 0 aliphatic rings. The first-order chi connectivity index (χ1) is 6.47. The minimum Gasteiger partial charge on any atom is -0.313 e. The van der Waals surface area contributed by atoms with Crippen molar-refractivity contribution >= 4 is 0 Å². The van der Waals surface area contributed by atoms with Crippen molar-refractivity contribution in [2.75, 3.05) is 20.1 Å². The second kappa shape index (κ2) is 7.24. The number of nitrogens with one attached hydrogen (secondary N) is 1. The molecule has 0 fully saturated rings. The van der Waals surface area contributed by atoms with Crippen LogP contribution in [0.3, 0.4) is 0 Å². The molecule has 0 radical (unpaired) electrons. The van der Waals surface area contributed by atoms with Crippen LogP contribution in [0.15, 0.2) is 0 Å². The second-order valence-corrected chi connectivity index (χ2v) is 4.86. The molecule has 0 heterocycles. The molecule has 0 aliphatic carbocycles. The van der Waals surface area contributed by atoms with Gasteiger partial charge in [0.25, 0.3) is 0 Å². The molecule has 0 aromatic heterocycles. The van der Waals surface area contributed by atoms with E-state index in [0.717, 1.165) is 12.5 Å². The monoisotopic (exact) mass is 200 g/mol. The first kappa shape index (κ1) is 13.9. The van der Waals surface area contributed by atoms with Gasteiger partial charge in [-0.05, 0) is 19.9 Å². The van der Waals surface area contributed by atoms with Crippen LogP contribution in [0, 0.1) is 5.92 Å². The van der Waals surface area contributed by atoms with Crippen LogP contribution in [0.25, 0.3) is 0 Å². The molecule has 0 saturated heterocycles. The molecule has 2 atom stereocenters. The fraction of sp³-hybridized carbons (Fsp3) is 1.00. The SMILES string of the molecule is CCC(C)CN(C)C(C)CNC(C)C. The van der Waals surface area contributed by atoms with Gasteiger partial charge >= 0.3 is 0 Å². The summed E-state index contributed by atoms with van der Waals surface area (Å²) in [7, 11) is 2.22. The standard InChI is InChI=1S/C12H28N2/c1-7-11(4)9-14(6)12(5)8-13-10(2)3/h10-13H,7-9H2,1-6H3. The summed E-state index contributed by atoms with van der Waals surface area (Å²) >= 11 is 0. The van der Waals surface area contributed by atoms with E-state index < -0.39 is 0 Å². The fourth-order valence-electron chi connectivity index (χ4n) is 1.36. The van der Waals surface area contributed by atoms with Crippen molar-refractivity contribution in [2.45, 2.75) is 53.1 Å². The van der Waals surface area contributed by atoms with Gasteiger partial charge in [0.2, 0.25) is 0 Å². The zero-order valence-electron chi connectivity index (χ0n) is 10.8. The Balaban J connectivity index is 3.69. The quantitative estimate of drug-likeness (QED) is 0.678. The summed E-state index contributed by atoms with van der Waals surface area (Å²) in [6.07, 6.45) is 1.27.